The van der Waals surface area contributed by atoms with Crippen molar-refractivity contribution >= 4 is 22.4 Å². The molecule has 1 atom stereocenters. The number of benzene rings is 6. The molecule has 0 aromatic heterocycles. The lowest BCUT2D eigenvalue weighted by molar-refractivity contribution is 0.674. The Morgan fingerprint density at radius 2 is 1.26 bits per heavy atom. The van der Waals surface area contributed by atoms with Gasteiger partial charge in [0.1, 0.15) is 12.0 Å². The zero-order valence-corrected chi connectivity index (χ0v) is 22.8. The highest BCUT2D eigenvalue weighted by Crippen LogP contribution is 2.35. The standard InChI is InChI=1S/C38H26N4/c39-25-26-10-9-16-31(22-26)35-24-33(23-32-15-7-8-17-34(32)35)27-18-20-30(21-19-27)38-41-36(28-11-3-1-4-12-28)40-37(42-38)29-13-5-2-6-14-29/h1-24,36H,(H,40,41,42). The molecule has 0 radical (unpaired) electrons. The van der Waals surface area contributed by atoms with Crippen LogP contribution in [0.4, 0.5) is 0 Å². The van der Waals surface area contributed by atoms with E-state index in [1.807, 2.05) is 54.6 Å². The summed E-state index contributed by atoms with van der Waals surface area (Å²) in [6, 6.07) is 51.8. The number of amidine groups is 2. The fourth-order valence-electron chi connectivity index (χ4n) is 5.41. The van der Waals surface area contributed by atoms with E-state index in [1.54, 1.807) is 0 Å². The molecule has 1 heterocycles. The van der Waals surface area contributed by atoms with E-state index in [0.717, 1.165) is 55.6 Å². The molecule has 0 amide bonds. The Bertz CT molecular complexity index is 2000. The first-order chi connectivity index (χ1) is 20.7. The topological polar surface area (TPSA) is 60.5 Å². The van der Waals surface area contributed by atoms with Gasteiger partial charge in [0.2, 0.25) is 0 Å². The second kappa shape index (κ2) is 11.0. The van der Waals surface area contributed by atoms with Crippen molar-refractivity contribution in [1.82, 2.24) is 5.32 Å². The van der Waals surface area contributed by atoms with Crippen LogP contribution < -0.4 is 5.32 Å². The van der Waals surface area contributed by atoms with Crippen LogP contribution in [0, 0.1) is 11.3 Å². The van der Waals surface area contributed by atoms with E-state index >= 15 is 0 Å². The molecule has 0 fully saturated rings. The van der Waals surface area contributed by atoms with Crippen LogP contribution in [0.5, 0.6) is 0 Å². The van der Waals surface area contributed by atoms with E-state index in [4.69, 9.17) is 9.98 Å². The van der Waals surface area contributed by atoms with Crippen molar-refractivity contribution in [1.29, 1.82) is 5.26 Å². The van der Waals surface area contributed by atoms with Gasteiger partial charge in [0, 0.05) is 11.1 Å². The maximum atomic E-state index is 9.48. The lowest BCUT2D eigenvalue weighted by Gasteiger charge is -2.23. The number of fused-ring (bicyclic) bond motifs is 1. The van der Waals surface area contributed by atoms with E-state index in [1.165, 1.54) is 0 Å². The lowest BCUT2D eigenvalue weighted by atomic mass is 9.92. The van der Waals surface area contributed by atoms with Crippen LogP contribution in [0.3, 0.4) is 0 Å². The van der Waals surface area contributed by atoms with Crippen LogP contribution in [0.1, 0.15) is 28.4 Å². The number of nitrogens with zero attached hydrogens (tertiary/aromatic N) is 3. The molecule has 4 nitrogen and oxygen atoms in total. The smallest absolute Gasteiger partial charge is 0.159 e. The molecule has 1 N–H and O–H groups in total. The molecule has 1 unspecified atom stereocenters. The van der Waals surface area contributed by atoms with Gasteiger partial charge in [-0.05, 0) is 62.9 Å². The Kier molecular flexibility index (Phi) is 6.60. The highest BCUT2D eigenvalue weighted by molar-refractivity contribution is 6.13. The largest absolute Gasteiger partial charge is 0.344 e. The summed E-state index contributed by atoms with van der Waals surface area (Å²) in [6.07, 6.45) is -0.235. The number of nitriles is 1. The van der Waals surface area contributed by atoms with Crippen molar-refractivity contribution in [3.8, 4) is 28.3 Å². The maximum absolute atomic E-state index is 9.48. The molecule has 1 aliphatic rings. The van der Waals surface area contributed by atoms with Crippen molar-refractivity contribution in [3.63, 3.8) is 0 Å². The predicted octanol–water partition coefficient (Wildman–Crippen LogP) is 8.54. The van der Waals surface area contributed by atoms with E-state index in [-0.39, 0.29) is 6.17 Å². The zero-order chi connectivity index (χ0) is 28.3. The van der Waals surface area contributed by atoms with Gasteiger partial charge in [-0.3, -0.25) is 0 Å². The minimum Gasteiger partial charge on any atom is -0.344 e. The molecule has 42 heavy (non-hydrogen) atoms. The predicted molar refractivity (Wildman–Crippen MR) is 171 cm³/mol. The minimum atomic E-state index is -0.235. The maximum Gasteiger partial charge on any atom is 0.159 e. The van der Waals surface area contributed by atoms with Crippen molar-refractivity contribution < 1.29 is 0 Å². The number of aliphatic imine (C=N–C) groups is 2. The van der Waals surface area contributed by atoms with Gasteiger partial charge in [-0.15, -0.1) is 0 Å². The summed E-state index contributed by atoms with van der Waals surface area (Å²) >= 11 is 0. The second-order valence-electron chi connectivity index (χ2n) is 10.3. The first-order valence-electron chi connectivity index (χ1n) is 13.9. The molecule has 0 saturated heterocycles. The number of hydrogen-bond acceptors (Lipinski definition) is 4. The highest BCUT2D eigenvalue weighted by atomic mass is 15.2. The van der Waals surface area contributed by atoms with Gasteiger partial charge in [0.15, 0.2) is 5.84 Å². The summed E-state index contributed by atoms with van der Waals surface area (Å²) in [5, 5.41) is 15.3. The third kappa shape index (κ3) is 4.96. The molecule has 7 rings (SSSR count). The summed E-state index contributed by atoms with van der Waals surface area (Å²) in [5.74, 6) is 1.50. The van der Waals surface area contributed by atoms with Gasteiger partial charge < -0.3 is 5.32 Å². The Balaban J connectivity index is 1.29. The summed E-state index contributed by atoms with van der Waals surface area (Å²) in [5.41, 5.74) is 8.06. The molecule has 4 heteroatoms. The van der Waals surface area contributed by atoms with Crippen LogP contribution in [-0.2, 0) is 0 Å². The number of hydrogen-bond donors (Lipinski definition) is 1. The van der Waals surface area contributed by atoms with E-state index < -0.39 is 0 Å². The zero-order valence-electron chi connectivity index (χ0n) is 22.8. The number of rotatable bonds is 5. The summed E-state index contributed by atoms with van der Waals surface area (Å²) in [6.45, 7) is 0. The molecular weight excluding hydrogens is 512 g/mol. The van der Waals surface area contributed by atoms with Crippen LogP contribution in [0.2, 0.25) is 0 Å². The summed E-state index contributed by atoms with van der Waals surface area (Å²) < 4.78 is 0. The van der Waals surface area contributed by atoms with Gasteiger partial charge in [0.25, 0.3) is 0 Å². The van der Waals surface area contributed by atoms with Crippen molar-refractivity contribution in [3.05, 3.63) is 168 Å². The first kappa shape index (κ1) is 25.2. The van der Waals surface area contributed by atoms with Gasteiger partial charge in [0.05, 0.1) is 11.6 Å². The molecule has 0 aliphatic carbocycles. The van der Waals surface area contributed by atoms with Gasteiger partial charge in [-0.25, -0.2) is 9.98 Å². The molecule has 1 aliphatic heterocycles. The third-order valence-electron chi connectivity index (χ3n) is 7.55. The minimum absolute atomic E-state index is 0.235. The molecule has 0 bridgehead atoms. The highest BCUT2D eigenvalue weighted by Gasteiger charge is 2.21. The fraction of sp³-hybridized carbons (Fsp3) is 0.0263. The van der Waals surface area contributed by atoms with E-state index in [2.05, 4.69) is 102 Å². The normalized spacial score (nSPS) is 14.4. The third-order valence-corrected chi connectivity index (χ3v) is 7.55. The van der Waals surface area contributed by atoms with E-state index in [9.17, 15) is 5.26 Å². The second-order valence-corrected chi connectivity index (χ2v) is 10.3. The number of nitrogens with one attached hydrogen (secondary N) is 1. The Hall–Kier alpha value is -5.79. The average Bonchev–Trinajstić information content (AvgIpc) is 3.08. The van der Waals surface area contributed by atoms with Gasteiger partial charge in [-0.2, -0.15) is 5.26 Å². The SMILES string of the molecule is N#Cc1cccc(-c2cc(-c3ccc(C4=NC(c5ccccc5)NC(c5ccccc5)=N4)cc3)cc3ccccc23)c1. The molecule has 0 saturated carbocycles. The van der Waals surface area contributed by atoms with Crippen molar-refractivity contribution in [2.75, 3.05) is 0 Å². The summed E-state index contributed by atoms with van der Waals surface area (Å²) in [7, 11) is 0. The molecule has 0 spiro atoms. The van der Waals surface area contributed by atoms with Crippen LogP contribution >= 0.6 is 0 Å². The molecule has 6 aromatic rings. The van der Waals surface area contributed by atoms with Crippen molar-refractivity contribution in [2.24, 2.45) is 9.98 Å². The monoisotopic (exact) mass is 538 g/mol. The first-order valence-corrected chi connectivity index (χ1v) is 13.9. The Morgan fingerprint density at radius 1 is 0.571 bits per heavy atom. The average molecular weight is 539 g/mol. The van der Waals surface area contributed by atoms with Crippen LogP contribution in [0.15, 0.2) is 156 Å². The van der Waals surface area contributed by atoms with Crippen molar-refractivity contribution in [2.45, 2.75) is 6.17 Å². The quantitative estimate of drug-likeness (QED) is 0.239. The molecular formula is C38H26N4. The van der Waals surface area contributed by atoms with E-state index in [0.29, 0.717) is 11.4 Å². The Morgan fingerprint density at radius 3 is 2.05 bits per heavy atom. The lowest BCUT2D eigenvalue weighted by Crippen LogP contribution is -2.33. The van der Waals surface area contributed by atoms with Gasteiger partial charge >= 0.3 is 0 Å². The molecule has 6 aromatic carbocycles. The summed E-state index contributed by atoms with van der Waals surface area (Å²) in [4.78, 5) is 9.94. The van der Waals surface area contributed by atoms with Crippen LogP contribution in [-0.4, -0.2) is 11.7 Å². The molecule has 198 valence electrons. The Labute approximate surface area is 245 Å². The van der Waals surface area contributed by atoms with Gasteiger partial charge in [-0.1, -0.05) is 121 Å². The van der Waals surface area contributed by atoms with Crippen LogP contribution in [0.25, 0.3) is 33.0 Å². The fourth-order valence-corrected chi connectivity index (χ4v) is 5.41.